The first-order chi connectivity index (χ1) is 8.62. The van der Waals surface area contributed by atoms with Crippen molar-refractivity contribution in [2.75, 3.05) is 19.7 Å². The highest BCUT2D eigenvalue weighted by atomic mass is 32.1. The van der Waals surface area contributed by atoms with E-state index in [4.69, 9.17) is 0 Å². The molecule has 18 heavy (non-hydrogen) atoms. The molecule has 2 rings (SSSR count). The van der Waals surface area contributed by atoms with Crippen molar-refractivity contribution in [1.82, 2.24) is 4.90 Å². The van der Waals surface area contributed by atoms with E-state index in [9.17, 15) is 9.90 Å². The lowest BCUT2D eigenvalue weighted by Crippen LogP contribution is -2.44. The van der Waals surface area contributed by atoms with Gasteiger partial charge in [-0.05, 0) is 42.5 Å². The van der Waals surface area contributed by atoms with Gasteiger partial charge in [-0.25, -0.2) is 0 Å². The fourth-order valence-electron chi connectivity index (χ4n) is 2.56. The van der Waals surface area contributed by atoms with Gasteiger partial charge in [-0.1, -0.05) is 6.92 Å². The molecule has 0 aromatic carbocycles. The zero-order valence-corrected chi connectivity index (χ0v) is 11.9. The van der Waals surface area contributed by atoms with E-state index < -0.39 is 0 Å². The Morgan fingerprint density at radius 3 is 2.56 bits per heavy atom. The van der Waals surface area contributed by atoms with Crippen molar-refractivity contribution in [3.05, 3.63) is 21.9 Å². The highest BCUT2D eigenvalue weighted by molar-refractivity contribution is 7.08. The maximum atomic E-state index is 12.3. The zero-order chi connectivity index (χ0) is 13.2. The van der Waals surface area contributed by atoms with Crippen LogP contribution in [0.4, 0.5) is 0 Å². The van der Waals surface area contributed by atoms with E-state index >= 15 is 0 Å². The van der Waals surface area contributed by atoms with Crippen molar-refractivity contribution >= 4 is 17.2 Å². The number of carbonyl (C=O) groups excluding carboxylic acids is 1. The number of rotatable bonds is 3. The van der Waals surface area contributed by atoms with Crippen LogP contribution >= 0.6 is 11.3 Å². The van der Waals surface area contributed by atoms with E-state index in [1.807, 2.05) is 22.6 Å². The van der Waals surface area contributed by atoms with Gasteiger partial charge < -0.3 is 10.0 Å². The summed E-state index contributed by atoms with van der Waals surface area (Å²) in [6.07, 6.45) is 2.81. The summed E-state index contributed by atoms with van der Waals surface area (Å²) in [5.41, 5.74) is 1.95. The molecule has 1 aromatic heterocycles. The lowest BCUT2D eigenvalue weighted by atomic mass is 9.77. The van der Waals surface area contributed by atoms with Gasteiger partial charge in [-0.2, -0.15) is 11.3 Å². The molecule has 0 aliphatic carbocycles. The molecule has 100 valence electrons. The third kappa shape index (κ3) is 2.45. The Kier molecular flexibility index (Phi) is 4.07. The predicted molar refractivity (Wildman–Crippen MR) is 74.0 cm³/mol. The Morgan fingerprint density at radius 2 is 2.11 bits per heavy atom. The highest BCUT2D eigenvalue weighted by Gasteiger charge is 2.34. The number of aliphatic hydroxyl groups excluding tert-OH is 1. The molecule has 3 nitrogen and oxygen atoms in total. The molecule has 0 unspecified atom stereocenters. The van der Waals surface area contributed by atoms with Crippen LogP contribution in [0, 0.1) is 12.3 Å². The van der Waals surface area contributed by atoms with E-state index in [0.717, 1.165) is 43.5 Å². The number of likely N-dealkylation sites (tertiary alicyclic amines) is 1. The van der Waals surface area contributed by atoms with Gasteiger partial charge in [0.05, 0.1) is 5.56 Å². The van der Waals surface area contributed by atoms with Gasteiger partial charge >= 0.3 is 0 Å². The molecule has 1 saturated heterocycles. The van der Waals surface area contributed by atoms with Crippen molar-refractivity contribution in [3.63, 3.8) is 0 Å². The number of aryl methyl sites for hydroxylation is 1. The third-order valence-corrected chi connectivity index (χ3v) is 5.14. The molecule has 1 N–H and O–H groups in total. The Labute approximate surface area is 112 Å². The Balaban J connectivity index is 2.02. The molecule has 1 aromatic rings. The van der Waals surface area contributed by atoms with Crippen LogP contribution in [0.1, 0.15) is 42.1 Å². The summed E-state index contributed by atoms with van der Waals surface area (Å²) in [5, 5.41) is 13.4. The molecule has 1 aliphatic heterocycles. The average Bonchev–Trinajstić information content (AvgIpc) is 2.84. The first kappa shape index (κ1) is 13.6. The number of thiophene rings is 1. The van der Waals surface area contributed by atoms with E-state index in [1.54, 1.807) is 11.3 Å². The first-order valence-corrected chi connectivity index (χ1v) is 7.49. The van der Waals surface area contributed by atoms with Crippen LogP contribution in [-0.4, -0.2) is 35.6 Å². The minimum Gasteiger partial charge on any atom is -0.396 e. The predicted octanol–water partition coefficient (Wildman–Crippen LogP) is 2.68. The summed E-state index contributed by atoms with van der Waals surface area (Å²) in [6.45, 7) is 5.88. The zero-order valence-electron chi connectivity index (χ0n) is 11.1. The molecule has 2 heterocycles. The number of amides is 1. The number of carbonyl (C=O) groups is 1. The highest BCUT2D eigenvalue weighted by Crippen LogP contribution is 2.34. The van der Waals surface area contributed by atoms with Crippen molar-refractivity contribution < 1.29 is 9.90 Å². The summed E-state index contributed by atoms with van der Waals surface area (Å²) >= 11 is 1.58. The van der Waals surface area contributed by atoms with Crippen LogP contribution in [0.5, 0.6) is 0 Å². The van der Waals surface area contributed by atoms with Crippen LogP contribution in [0.15, 0.2) is 10.8 Å². The molecular formula is C14H21NO2S. The number of piperidine rings is 1. The molecule has 0 atom stereocenters. The Bertz CT molecular complexity index is 413. The molecule has 1 aliphatic rings. The number of nitrogens with zero attached hydrogens (tertiary/aromatic N) is 1. The smallest absolute Gasteiger partial charge is 0.254 e. The lowest BCUT2D eigenvalue weighted by Gasteiger charge is -2.40. The average molecular weight is 267 g/mol. The van der Waals surface area contributed by atoms with Crippen LogP contribution in [0.2, 0.25) is 0 Å². The van der Waals surface area contributed by atoms with Crippen molar-refractivity contribution in [1.29, 1.82) is 0 Å². The van der Waals surface area contributed by atoms with E-state index in [0.29, 0.717) is 0 Å². The molecule has 0 saturated carbocycles. The summed E-state index contributed by atoms with van der Waals surface area (Å²) in [7, 11) is 0. The first-order valence-electron chi connectivity index (χ1n) is 6.55. The largest absolute Gasteiger partial charge is 0.396 e. The van der Waals surface area contributed by atoms with Crippen molar-refractivity contribution in [2.45, 2.75) is 33.1 Å². The molecule has 0 radical (unpaired) electrons. The molecule has 0 spiro atoms. The van der Waals surface area contributed by atoms with Gasteiger partial charge in [0.2, 0.25) is 0 Å². The fourth-order valence-corrected chi connectivity index (χ4v) is 3.38. The Hall–Kier alpha value is -0.870. The van der Waals surface area contributed by atoms with Gasteiger partial charge in [0, 0.05) is 25.1 Å². The van der Waals surface area contributed by atoms with Crippen LogP contribution in [0.25, 0.3) is 0 Å². The van der Waals surface area contributed by atoms with Crippen molar-refractivity contribution in [3.8, 4) is 0 Å². The fraction of sp³-hybridized carbons (Fsp3) is 0.643. The summed E-state index contributed by atoms with van der Waals surface area (Å²) < 4.78 is 0. The molecule has 1 amide bonds. The Morgan fingerprint density at radius 1 is 1.44 bits per heavy atom. The van der Waals surface area contributed by atoms with Crippen LogP contribution < -0.4 is 0 Å². The topological polar surface area (TPSA) is 40.5 Å². The number of hydrogen-bond donors (Lipinski definition) is 1. The lowest BCUT2D eigenvalue weighted by molar-refractivity contribution is 0.0338. The second-order valence-electron chi connectivity index (χ2n) is 5.27. The normalized spacial score (nSPS) is 18.9. The van der Waals surface area contributed by atoms with E-state index in [-0.39, 0.29) is 17.9 Å². The van der Waals surface area contributed by atoms with Crippen molar-refractivity contribution in [2.24, 2.45) is 5.41 Å². The second-order valence-corrected chi connectivity index (χ2v) is 6.02. The van der Waals surface area contributed by atoms with Gasteiger partial charge in [0.15, 0.2) is 0 Å². The van der Waals surface area contributed by atoms with Gasteiger partial charge in [0.1, 0.15) is 0 Å². The molecule has 1 fully saturated rings. The van der Waals surface area contributed by atoms with Crippen LogP contribution in [0.3, 0.4) is 0 Å². The quantitative estimate of drug-likeness (QED) is 0.914. The standard InChI is InChI=1S/C14H21NO2S/c1-3-14(10-16)4-6-15(7-5-14)13(17)12-9-18-8-11(12)2/h8-9,16H,3-7,10H2,1-2H3. The van der Waals surface area contributed by atoms with Crippen LogP contribution in [-0.2, 0) is 0 Å². The summed E-state index contributed by atoms with van der Waals surface area (Å²) in [5.74, 6) is 0.149. The maximum absolute atomic E-state index is 12.3. The van der Waals surface area contributed by atoms with E-state index in [1.165, 1.54) is 0 Å². The summed E-state index contributed by atoms with van der Waals surface area (Å²) in [6, 6.07) is 0. The SMILES string of the molecule is CCC1(CO)CCN(C(=O)c2cscc2C)CC1. The van der Waals surface area contributed by atoms with E-state index in [2.05, 4.69) is 6.92 Å². The third-order valence-electron chi connectivity index (χ3n) is 4.28. The second kappa shape index (κ2) is 5.41. The monoisotopic (exact) mass is 267 g/mol. The molecule has 4 heteroatoms. The van der Waals surface area contributed by atoms with Gasteiger partial charge in [-0.3, -0.25) is 4.79 Å². The number of hydrogen-bond acceptors (Lipinski definition) is 3. The molecule has 0 bridgehead atoms. The minimum atomic E-state index is 0.0421. The number of aliphatic hydroxyl groups is 1. The maximum Gasteiger partial charge on any atom is 0.254 e. The van der Waals surface area contributed by atoms with Gasteiger partial charge in [0.25, 0.3) is 5.91 Å². The minimum absolute atomic E-state index is 0.0421. The molecular weight excluding hydrogens is 246 g/mol. The summed E-state index contributed by atoms with van der Waals surface area (Å²) in [4.78, 5) is 14.3. The van der Waals surface area contributed by atoms with Gasteiger partial charge in [-0.15, -0.1) is 0 Å².